The lowest BCUT2D eigenvalue weighted by Crippen LogP contribution is -2.35. The average Bonchev–Trinajstić information content (AvgIpc) is 3.69. The first kappa shape index (κ1) is 34.7. The number of carbonyl (C=O) groups is 4. The van der Waals surface area contributed by atoms with Gasteiger partial charge in [-0.25, -0.2) is 19.2 Å². The van der Waals surface area contributed by atoms with E-state index in [1.54, 1.807) is 24.3 Å². The molecule has 2 heterocycles. The maximum Gasteiger partial charge on any atom is 0.513 e. The molecule has 13 heteroatoms. The summed E-state index contributed by atoms with van der Waals surface area (Å²) in [6, 6.07) is 18.1. The highest BCUT2D eigenvalue weighted by molar-refractivity contribution is 5.91. The van der Waals surface area contributed by atoms with Crippen LogP contribution in [0.1, 0.15) is 39.1 Å². The van der Waals surface area contributed by atoms with E-state index in [4.69, 9.17) is 37.9 Å². The minimum Gasteiger partial charge on any atom is -0.508 e. The lowest BCUT2D eigenvalue weighted by molar-refractivity contribution is -0.137. The van der Waals surface area contributed by atoms with Crippen molar-refractivity contribution in [3.05, 3.63) is 109 Å². The van der Waals surface area contributed by atoms with E-state index in [9.17, 15) is 24.3 Å². The number of hydrogen-bond donors (Lipinski definition) is 1. The van der Waals surface area contributed by atoms with E-state index >= 15 is 0 Å². The van der Waals surface area contributed by atoms with Crippen LogP contribution in [0.5, 0.6) is 17.2 Å². The second-order valence-electron chi connectivity index (χ2n) is 10.9. The fraction of sp³-hybridized carbons (Fsp3) is 0.278. The Morgan fingerprint density at radius 3 is 1.82 bits per heavy atom. The lowest BCUT2D eigenvalue weighted by atomic mass is 10.1. The molecule has 0 radical (unpaired) electrons. The Morgan fingerprint density at radius 1 is 0.694 bits per heavy atom. The zero-order valence-corrected chi connectivity index (χ0v) is 26.3. The third kappa shape index (κ3) is 9.46. The van der Waals surface area contributed by atoms with Gasteiger partial charge in [-0.15, -0.1) is 0 Å². The maximum absolute atomic E-state index is 12.7. The van der Waals surface area contributed by atoms with Crippen molar-refractivity contribution in [2.75, 3.05) is 26.4 Å². The monoisotopic (exact) mass is 674 g/mol. The molecule has 1 N–H and O–H groups in total. The normalized spacial score (nSPS) is 19.2. The number of benzene rings is 3. The summed E-state index contributed by atoms with van der Waals surface area (Å²) >= 11 is 0. The standard InChI is InChI=1S/C36H34O13/c1-3-31(38)42-18-4-5-19-43-36(41)48-28-16-10-25(11-17-28)34(39)47-27-14-8-23(9-15-27)22(2)46-29-20-44-33-30(21-45-32(29)33)49-35(40)24-6-12-26(37)13-7-24/h3,6-17,29-30,32-33,37H,1-2,4-5,18-21H2/t29?,30-,32+,33+/m0/s1. The van der Waals surface area contributed by atoms with Gasteiger partial charge in [0.15, 0.2) is 12.2 Å². The molecule has 3 aromatic carbocycles. The van der Waals surface area contributed by atoms with E-state index in [0.29, 0.717) is 29.7 Å². The van der Waals surface area contributed by atoms with E-state index in [1.165, 1.54) is 48.5 Å². The number of phenols is 1. The highest BCUT2D eigenvalue weighted by Gasteiger charge is 2.51. The third-order valence-corrected chi connectivity index (χ3v) is 7.47. The number of fused-ring (bicyclic) bond motifs is 1. The molecule has 256 valence electrons. The first-order valence-corrected chi connectivity index (χ1v) is 15.4. The predicted octanol–water partition coefficient (Wildman–Crippen LogP) is 5.02. The van der Waals surface area contributed by atoms with E-state index in [-0.39, 0.29) is 49.2 Å². The van der Waals surface area contributed by atoms with Crippen molar-refractivity contribution in [2.45, 2.75) is 37.3 Å². The fourth-order valence-corrected chi connectivity index (χ4v) is 4.94. The minimum absolute atomic E-state index is 0.0454. The molecule has 2 saturated heterocycles. The van der Waals surface area contributed by atoms with Gasteiger partial charge in [0.05, 0.1) is 37.6 Å². The molecule has 0 amide bonds. The minimum atomic E-state index is -0.906. The molecule has 0 aliphatic carbocycles. The average molecular weight is 675 g/mol. The third-order valence-electron chi connectivity index (χ3n) is 7.47. The molecule has 4 atom stereocenters. The molecule has 5 rings (SSSR count). The summed E-state index contributed by atoms with van der Waals surface area (Å²) in [4.78, 5) is 48.1. The van der Waals surface area contributed by atoms with Gasteiger partial charge in [-0.1, -0.05) is 13.2 Å². The van der Waals surface area contributed by atoms with Crippen molar-refractivity contribution >= 4 is 29.8 Å². The summed E-state index contributed by atoms with van der Waals surface area (Å²) < 4.78 is 43.7. The van der Waals surface area contributed by atoms with Gasteiger partial charge in [-0.2, -0.15) is 0 Å². The van der Waals surface area contributed by atoms with Crippen LogP contribution in [-0.4, -0.2) is 80.0 Å². The van der Waals surface area contributed by atoms with Crippen molar-refractivity contribution < 1.29 is 62.2 Å². The van der Waals surface area contributed by atoms with E-state index in [2.05, 4.69) is 13.2 Å². The molecule has 2 aliphatic rings. The highest BCUT2D eigenvalue weighted by Crippen LogP contribution is 2.33. The molecule has 1 unspecified atom stereocenters. The molecule has 2 aliphatic heterocycles. The summed E-state index contributed by atoms with van der Waals surface area (Å²) in [6.07, 6.45) is -0.930. The van der Waals surface area contributed by atoms with Gasteiger partial charge >= 0.3 is 24.1 Å². The van der Waals surface area contributed by atoms with Crippen LogP contribution in [0.4, 0.5) is 4.79 Å². The van der Waals surface area contributed by atoms with Gasteiger partial charge in [-0.3, -0.25) is 0 Å². The molecular weight excluding hydrogens is 640 g/mol. The number of aromatic hydroxyl groups is 1. The number of rotatable bonds is 14. The van der Waals surface area contributed by atoms with Crippen LogP contribution in [0, 0.1) is 0 Å². The zero-order valence-electron chi connectivity index (χ0n) is 26.3. The predicted molar refractivity (Wildman–Crippen MR) is 171 cm³/mol. The van der Waals surface area contributed by atoms with E-state index < -0.39 is 48.5 Å². The zero-order chi connectivity index (χ0) is 34.8. The topological polar surface area (TPSA) is 162 Å². The lowest BCUT2D eigenvalue weighted by Gasteiger charge is -2.19. The molecule has 0 aromatic heterocycles. The summed E-state index contributed by atoms with van der Waals surface area (Å²) in [5, 5.41) is 9.44. The number of hydrogen-bond acceptors (Lipinski definition) is 13. The smallest absolute Gasteiger partial charge is 0.508 e. The summed E-state index contributed by atoms with van der Waals surface area (Å²) in [5.41, 5.74) is 1.17. The first-order valence-electron chi connectivity index (χ1n) is 15.4. The molecule has 0 saturated carbocycles. The Bertz CT molecular complexity index is 1650. The molecule has 0 spiro atoms. The van der Waals surface area contributed by atoms with Crippen molar-refractivity contribution in [3.63, 3.8) is 0 Å². The van der Waals surface area contributed by atoms with Crippen LogP contribution < -0.4 is 9.47 Å². The first-order chi connectivity index (χ1) is 23.7. The molecule has 13 nitrogen and oxygen atoms in total. The van der Waals surface area contributed by atoms with Gasteiger partial charge in [0, 0.05) is 11.6 Å². The number of esters is 3. The van der Waals surface area contributed by atoms with Gasteiger partial charge in [0.1, 0.15) is 35.2 Å². The SMILES string of the molecule is C=CC(=O)OCCCCOC(=O)Oc1ccc(C(=O)Oc2ccc(C(=C)OC3CO[C@@H]4[C@@H](OC(=O)c5ccc(O)cc5)CO[C@H]34)cc2)cc1. The van der Waals surface area contributed by atoms with Crippen LogP contribution in [0.2, 0.25) is 0 Å². The fourth-order valence-electron chi connectivity index (χ4n) is 4.94. The Kier molecular flexibility index (Phi) is 11.6. The molecule has 49 heavy (non-hydrogen) atoms. The second-order valence-corrected chi connectivity index (χ2v) is 10.9. The van der Waals surface area contributed by atoms with Gasteiger partial charge in [-0.05, 0) is 85.6 Å². The van der Waals surface area contributed by atoms with Gasteiger partial charge in [0.25, 0.3) is 0 Å². The van der Waals surface area contributed by atoms with Crippen LogP contribution in [-0.2, 0) is 33.2 Å². The second kappa shape index (κ2) is 16.4. The highest BCUT2D eigenvalue weighted by atomic mass is 16.7. The summed E-state index contributed by atoms with van der Waals surface area (Å²) in [5.74, 6) is -0.829. The molecule has 3 aromatic rings. The number of ether oxygens (including phenoxy) is 8. The number of unbranched alkanes of at least 4 members (excludes halogenated alkanes) is 1. The van der Waals surface area contributed by atoms with Crippen molar-refractivity contribution in [3.8, 4) is 17.2 Å². The molecule has 0 bridgehead atoms. The van der Waals surface area contributed by atoms with Crippen molar-refractivity contribution in [2.24, 2.45) is 0 Å². The maximum atomic E-state index is 12.7. The largest absolute Gasteiger partial charge is 0.513 e. The molecule has 2 fully saturated rings. The molecular formula is C36H34O13. The number of phenolic OH excluding ortho intramolecular Hbond substituents is 1. The van der Waals surface area contributed by atoms with E-state index in [1.807, 2.05) is 0 Å². The van der Waals surface area contributed by atoms with Gasteiger partial charge in [0.2, 0.25) is 0 Å². The summed E-state index contributed by atoms with van der Waals surface area (Å²) in [7, 11) is 0. The Hall–Kier alpha value is -5.66. The number of carbonyl (C=O) groups excluding carboxylic acids is 4. The van der Waals surface area contributed by atoms with Crippen molar-refractivity contribution in [1.29, 1.82) is 0 Å². The Balaban J connectivity index is 1.03. The summed E-state index contributed by atoms with van der Waals surface area (Å²) in [6.45, 7) is 7.94. The van der Waals surface area contributed by atoms with Crippen LogP contribution in [0.25, 0.3) is 5.76 Å². The van der Waals surface area contributed by atoms with E-state index in [0.717, 1.165) is 6.08 Å². The Morgan fingerprint density at radius 2 is 1.20 bits per heavy atom. The van der Waals surface area contributed by atoms with Crippen LogP contribution in [0.15, 0.2) is 92.0 Å². The van der Waals surface area contributed by atoms with Crippen molar-refractivity contribution in [1.82, 2.24) is 0 Å². The van der Waals surface area contributed by atoms with Crippen LogP contribution >= 0.6 is 0 Å². The van der Waals surface area contributed by atoms with Crippen LogP contribution in [0.3, 0.4) is 0 Å². The Labute approximate surface area is 281 Å². The van der Waals surface area contributed by atoms with Gasteiger partial charge < -0.3 is 43.0 Å². The quantitative estimate of drug-likeness (QED) is 0.0462.